The molecule has 2 amide bonds. The van der Waals surface area contributed by atoms with Crippen molar-refractivity contribution in [1.82, 2.24) is 20.8 Å². The van der Waals surface area contributed by atoms with Crippen LogP contribution in [0, 0.1) is 0 Å². The zero-order valence-corrected chi connectivity index (χ0v) is 14.2. The summed E-state index contributed by atoms with van der Waals surface area (Å²) in [6.45, 7) is 4.27. The minimum atomic E-state index is -0.408. The number of hydrogen-bond donors (Lipinski definition) is 3. The topological polar surface area (TPSA) is 87.1 Å². The number of benzene rings is 1. The Labute approximate surface area is 140 Å². The van der Waals surface area contributed by atoms with E-state index in [-0.39, 0.29) is 12.6 Å². The molecule has 0 radical (unpaired) electrons. The number of nitrogens with zero attached hydrogens (tertiary/aromatic N) is 2. The lowest BCUT2D eigenvalue weighted by molar-refractivity contribution is 0.200. The quantitative estimate of drug-likeness (QED) is 0.726. The predicted octanol–water partition coefficient (Wildman–Crippen LogP) is 2.56. The Balaban J connectivity index is 1.89. The molecule has 0 aliphatic rings. The Morgan fingerprint density at radius 3 is 2.70 bits per heavy atom. The van der Waals surface area contributed by atoms with Crippen molar-refractivity contribution in [3.05, 3.63) is 35.3 Å². The largest absolute Gasteiger partial charge is 0.396 e. The molecule has 3 N–H and O–H groups in total. The molecule has 6 nitrogen and oxygen atoms in total. The van der Waals surface area contributed by atoms with Gasteiger partial charge in [-0.25, -0.2) is 4.79 Å². The van der Waals surface area contributed by atoms with Crippen molar-refractivity contribution >= 4 is 17.4 Å². The first-order valence-electron chi connectivity index (χ1n) is 7.61. The second-order valence-electron chi connectivity index (χ2n) is 5.56. The molecule has 1 unspecified atom stereocenters. The molecular weight excluding hydrogens is 312 g/mol. The monoisotopic (exact) mass is 334 g/mol. The molecule has 7 heteroatoms. The van der Waals surface area contributed by atoms with Gasteiger partial charge in [0.2, 0.25) is 0 Å². The summed E-state index contributed by atoms with van der Waals surface area (Å²) < 4.78 is 0. The first-order valence-corrected chi connectivity index (χ1v) is 8.42. The Morgan fingerprint density at radius 2 is 2.04 bits per heavy atom. The van der Waals surface area contributed by atoms with Crippen molar-refractivity contribution in [2.24, 2.45) is 0 Å². The van der Waals surface area contributed by atoms with E-state index >= 15 is 0 Å². The van der Waals surface area contributed by atoms with Crippen molar-refractivity contribution in [3.63, 3.8) is 0 Å². The van der Waals surface area contributed by atoms with Gasteiger partial charge in [0.15, 0.2) is 0 Å². The third-order valence-corrected chi connectivity index (χ3v) is 4.72. The summed E-state index contributed by atoms with van der Waals surface area (Å²) in [6, 6.07) is 9.55. The van der Waals surface area contributed by atoms with E-state index in [4.69, 9.17) is 5.11 Å². The molecule has 23 heavy (non-hydrogen) atoms. The van der Waals surface area contributed by atoms with Crippen LogP contribution in [0.25, 0.3) is 10.6 Å². The number of nitrogens with one attached hydrogen (secondary N) is 2. The van der Waals surface area contributed by atoms with E-state index in [9.17, 15) is 4.79 Å². The lowest BCUT2D eigenvalue weighted by Crippen LogP contribution is -2.50. The van der Waals surface area contributed by atoms with Gasteiger partial charge in [-0.3, -0.25) is 0 Å². The van der Waals surface area contributed by atoms with Crippen molar-refractivity contribution in [2.75, 3.05) is 6.61 Å². The first-order chi connectivity index (χ1) is 11.1. The molecule has 1 atom stereocenters. The molecule has 1 aromatic heterocycles. The molecule has 0 saturated carbocycles. The van der Waals surface area contributed by atoms with Crippen molar-refractivity contribution in [3.8, 4) is 10.6 Å². The summed E-state index contributed by atoms with van der Waals surface area (Å²) in [6.07, 6.45) is 1.27. The summed E-state index contributed by atoms with van der Waals surface area (Å²) in [4.78, 5) is 12.0. The highest BCUT2D eigenvalue weighted by atomic mass is 32.1. The second kappa shape index (κ2) is 8.03. The van der Waals surface area contributed by atoms with Gasteiger partial charge in [0, 0.05) is 17.7 Å². The lowest BCUT2D eigenvalue weighted by atomic mass is 9.95. The van der Waals surface area contributed by atoms with Gasteiger partial charge in [-0.15, -0.1) is 10.2 Å². The van der Waals surface area contributed by atoms with Crippen LogP contribution >= 0.6 is 11.3 Å². The summed E-state index contributed by atoms with van der Waals surface area (Å²) >= 11 is 1.46. The molecule has 0 aliphatic carbocycles. The van der Waals surface area contributed by atoms with Gasteiger partial charge in [0.1, 0.15) is 10.0 Å². The minimum Gasteiger partial charge on any atom is -0.396 e. The number of amides is 2. The summed E-state index contributed by atoms with van der Waals surface area (Å²) in [5.74, 6) is 0. The minimum absolute atomic E-state index is 0.0431. The maximum absolute atomic E-state index is 12.0. The number of urea groups is 1. The first kappa shape index (κ1) is 17.4. The zero-order valence-electron chi connectivity index (χ0n) is 13.4. The Bertz CT molecular complexity index is 632. The smallest absolute Gasteiger partial charge is 0.315 e. The number of carbonyl (C=O) groups is 1. The molecule has 0 aliphatic heterocycles. The summed E-state index contributed by atoms with van der Waals surface area (Å²) in [5, 5.41) is 24.6. The Morgan fingerprint density at radius 1 is 1.30 bits per heavy atom. The maximum Gasteiger partial charge on any atom is 0.315 e. The van der Waals surface area contributed by atoms with E-state index in [0.717, 1.165) is 22.0 Å². The Hall–Kier alpha value is -1.99. The van der Waals surface area contributed by atoms with E-state index in [2.05, 4.69) is 20.8 Å². The molecule has 2 aromatic rings. The van der Waals surface area contributed by atoms with Crippen molar-refractivity contribution in [1.29, 1.82) is 0 Å². The number of aliphatic hydroxyl groups excluding tert-OH is 1. The third kappa shape index (κ3) is 5.01. The average molecular weight is 334 g/mol. The highest BCUT2D eigenvalue weighted by Crippen LogP contribution is 2.22. The maximum atomic E-state index is 12.0. The van der Waals surface area contributed by atoms with Crippen LogP contribution in [0.4, 0.5) is 4.79 Å². The van der Waals surface area contributed by atoms with Crippen LogP contribution in [0.3, 0.4) is 0 Å². The van der Waals surface area contributed by atoms with E-state index in [0.29, 0.717) is 13.0 Å². The van der Waals surface area contributed by atoms with Crippen LogP contribution in [-0.2, 0) is 6.54 Å². The number of carbonyl (C=O) groups excluding carboxylic acids is 1. The van der Waals surface area contributed by atoms with Gasteiger partial charge >= 0.3 is 6.03 Å². The van der Waals surface area contributed by atoms with Gasteiger partial charge < -0.3 is 15.7 Å². The lowest BCUT2D eigenvalue weighted by Gasteiger charge is -2.28. The van der Waals surface area contributed by atoms with Crippen LogP contribution < -0.4 is 10.6 Å². The number of aliphatic hydroxyl groups is 1. The molecular formula is C16H22N4O2S. The zero-order chi connectivity index (χ0) is 16.7. The van der Waals surface area contributed by atoms with E-state index < -0.39 is 5.54 Å². The number of rotatable bonds is 7. The van der Waals surface area contributed by atoms with E-state index in [1.54, 1.807) is 0 Å². The predicted molar refractivity (Wildman–Crippen MR) is 91.1 cm³/mol. The molecule has 2 rings (SSSR count). The SMILES string of the molecule is CCC(C)(CCO)NC(=O)NCc1nnc(-c2ccccc2)s1. The normalized spacial score (nSPS) is 13.3. The molecule has 0 fully saturated rings. The summed E-state index contributed by atoms with van der Waals surface area (Å²) in [7, 11) is 0. The molecule has 124 valence electrons. The van der Waals surface area contributed by atoms with Gasteiger partial charge in [0.05, 0.1) is 6.54 Å². The Kier molecular flexibility index (Phi) is 6.06. The fraction of sp³-hybridized carbons (Fsp3) is 0.438. The fourth-order valence-electron chi connectivity index (χ4n) is 2.07. The summed E-state index contributed by atoms with van der Waals surface area (Å²) in [5.41, 5.74) is 0.608. The number of aromatic nitrogens is 2. The van der Waals surface area contributed by atoms with Gasteiger partial charge in [-0.05, 0) is 19.8 Å². The highest BCUT2D eigenvalue weighted by Gasteiger charge is 2.23. The number of hydrogen-bond acceptors (Lipinski definition) is 5. The van der Waals surface area contributed by atoms with Crippen LogP contribution in [-0.4, -0.2) is 33.5 Å². The van der Waals surface area contributed by atoms with Crippen LogP contribution in [0.5, 0.6) is 0 Å². The standard InChI is InChI=1S/C16H22N4O2S/c1-3-16(2,9-10-21)18-15(22)17-11-13-19-20-14(23-13)12-7-5-4-6-8-12/h4-8,21H,3,9-11H2,1-2H3,(H2,17,18,22). The fourth-order valence-corrected chi connectivity index (χ4v) is 2.86. The molecule has 1 aromatic carbocycles. The van der Waals surface area contributed by atoms with Crippen LogP contribution in [0.1, 0.15) is 31.7 Å². The van der Waals surface area contributed by atoms with Gasteiger partial charge in [0.25, 0.3) is 0 Å². The van der Waals surface area contributed by atoms with Crippen molar-refractivity contribution in [2.45, 2.75) is 38.8 Å². The van der Waals surface area contributed by atoms with Gasteiger partial charge in [-0.2, -0.15) is 0 Å². The second-order valence-corrected chi connectivity index (χ2v) is 6.62. The van der Waals surface area contributed by atoms with E-state index in [1.807, 2.05) is 44.2 Å². The van der Waals surface area contributed by atoms with Crippen LogP contribution in [0.2, 0.25) is 0 Å². The average Bonchev–Trinajstić information content (AvgIpc) is 3.03. The van der Waals surface area contributed by atoms with Crippen molar-refractivity contribution < 1.29 is 9.90 Å². The molecule has 0 saturated heterocycles. The third-order valence-electron chi connectivity index (χ3n) is 3.75. The van der Waals surface area contributed by atoms with Crippen LogP contribution in [0.15, 0.2) is 30.3 Å². The highest BCUT2D eigenvalue weighted by molar-refractivity contribution is 7.14. The van der Waals surface area contributed by atoms with Gasteiger partial charge in [-0.1, -0.05) is 48.6 Å². The molecule has 0 bridgehead atoms. The molecule has 0 spiro atoms. The molecule has 1 heterocycles. The van der Waals surface area contributed by atoms with E-state index in [1.165, 1.54) is 11.3 Å².